The standard InChI is InChI=1S/C31H51FN6O6/c1-3-33-30(42)25(9-10-28(39)40)37-29(41)19-14-26(35-17-19)27-16-22(11-12-34-27)44-21-7-8-24(23(32)15-21)38-31(43)36-20-6-4-5-18(2)13-20/h8,11-13,18-19,21-23,25-27,29-30,33-35,37,41-42H,3-7,9-10,14-17H2,1-2H3,(H,39,40)(H2,36,38,43)/t18-,19-,21-,22-,23-,25+,26-,27+,29-,30-/m1/s1. The summed E-state index contributed by atoms with van der Waals surface area (Å²) in [6.07, 6.45) is 8.86. The van der Waals surface area contributed by atoms with Crippen molar-refractivity contribution in [3.63, 3.8) is 0 Å². The molecule has 0 aromatic rings. The fraction of sp³-hybridized carbons (Fsp3) is 0.742. The second-order valence-corrected chi connectivity index (χ2v) is 12.6. The predicted molar refractivity (Wildman–Crippen MR) is 164 cm³/mol. The third-order valence-corrected chi connectivity index (χ3v) is 8.99. The van der Waals surface area contributed by atoms with E-state index in [-0.39, 0.29) is 55.2 Å². The van der Waals surface area contributed by atoms with E-state index in [0.717, 1.165) is 25.0 Å². The van der Waals surface area contributed by atoms with E-state index >= 15 is 4.39 Å². The van der Waals surface area contributed by atoms with Crippen LogP contribution in [0.3, 0.4) is 0 Å². The lowest BCUT2D eigenvalue weighted by atomic mass is 9.93. The van der Waals surface area contributed by atoms with E-state index in [9.17, 15) is 19.8 Å². The summed E-state index contributed by atoms with van der Waals surface area (Å²) in [5.74, 6) is -0.667. The van der Waals surface area contributed by atoms with Crippen molar-refractivity contribution >= 4 is 12.0 Å². The number of aliphatic hydroxyl groups is 2. The number of allylic oxidation sites excluding steroid dienone is 3. The first kappa shape index (κ1) is 34.3. The minimum absolute atomic E-state index is 0.0374. The number of amides is 2. The van der Waals surface area contributed by atoms with Crippen LogP contribution in [0.5, 0.6) is 0 Å². The molecule has 0 spiro atoms. The molecule has 248 valence electrons. The van der Waals surface area contributed by atoms with E-state index in [2.05, 4.69) is 44.9 Å². The number of alkyl halides is 1. The molecule has 44 heavy (non-hydrogen) atoms. The Balaban J connectivity index is 1.22. The fourth-order valence-electron chi connectivity index (χ4n) is 6.59. The highest BCUT2D eigenvalue weighted by Crippen LogP contribution is 2.28. The van der Waals surface area contributed by atoms with Gasteiger partial charge in [0, 0.05) is 54.8 Å². The van der Waals surface area contributed by atoms with E-state index < -0.39 is 36.7 Å². The van der Waals surface area contributed by atoms with E-state index in [1.165, 1.54) is 0 Å². The number of carbonyl (C=O) groups is 2. The van der Waals surface area contributed by atoms with Gasteiger partial charge in [0.25, 0.3) is 0 Å². The Labute approximate surface area is 259 Å². The largest absolute Gasteiger partial charge is 0.481 e. The van der Waals surface area contributed by atoms with Crippen LogP contribution in [0.4, 0.5) is 9.18 Å². The number of carboxylic acid groups (broad SMARTS) is 1. The number of aliphatic hydroxyl groups excluding tert-OH is 2. The van der Waals surface area contributed by atoms with Crippen LogP contribution in [0.25, 0.3) is 0 Å². The average molecular weight is 623 g/mol. The monoisotopic (exact) mass is 622 g/mol. The highest BCUT2D eigenvalue weighted by Gasteiger charge is 2.37. The van der Waals surface area contributed by atoms with Crippen molar-refractivity contribution in [2.24, 2.45) is 11.8 Å². The number of hydrogen-bond acceptors (Lipinski definition) is 9. The zero-order chi connectivity index (χ0) is 31.6. The second-order valence-electron chi connectivity index (χ2n) is 12.6. The molecule has 2 aliphatic carbocycles. The summed E-state index contributed by atoms with van der Waals surface area (Å²) >= 11 is 0. The van der Waals surface area contributed by atoms with Crippen molar-refractivity contribution in [2.75, 3.05) is 13.1 Å². The third kappa shape index (κ3) is 10.2. The number of urea groups is 1. The van der Waals surface area contributed by atoms with E-state index in [1.54, 1.807) is 6.08 Å². The van der Waals surface area contributed by atoms with E-state index in [1.807, 2.05) is 19.2 Å². The lowest BCUT2D eigenvalue weighted by Gasteiger charge is -2.34. The number of carbonyl (C=O) groups excluding carboxylic acids is 1. The highest BCUT2D eigenvalue weighted by molar-refractivity contribution is 5.77. The fourth-order valence-corrected chi connectivity index (χ4v) is 6.59. The number of likely N-dealkylation sites (N-methyl/N-ethyl adjacent to an activating group) is 1. The molecule has 12 nitrogen and oxygen atoms in total. The minimum atomic E-state index is -1.32. The first-order valence-electron chi connectivity index (χ1n) is 16.1. The maximum absolute atomic E-state index is 15.0. The van der Waals surface area contributed by atoms with Gasteiger partial charge in [-0.1, -0.05) is 26.0 Å². The lowest BCUT2D eigenvalue weighted by Crippen LogP contribution is -2.53. The molecule has 2 heterocycles. The molecule has 0 saturated carbocycles. The Hall–Kier alpha value is -2.55. The molecule has 0 radical (unpaired) electrons. The molecule has 0 bridgehead atoms. The van der Waals surface area contributed by atoms with Gasteiger partial charge in [-0.05, 0) is 69.7 Å². The van der Waals surface area contributed by atoms with Gasteiger partial charge in [-0.2, -0.15) is 0 Å². The number of nitrogens with one attached hydrogen (secondary N) is 6. The van der Waals surface area contributed by atoms with Gasteiger partial charge in [-0.25, -0.2) is 9.18 Å². The summed E-state index contributed by atoms with van der Waals surface area (Å²) in [5.41, 5.74) is 1.17. The number of rotatable bonds is 14. The number of halogens is 1. The van der Waals surface area contributed by atoms with Crippen LogP contribution in [0, 0.1) is 11.8 Å². The summed E-state index contributed by atoms with van der Waals surface area (Å²) in [5, 5.41) is 48.7. The van der Waals surface area contributed by atoms with Gasteiger partial charge in [-0.15, -0.1) is 0 Å². The number of ether oxygens (including phenoxy) is 1. The summed E-state index contributed by atoms with van der Waals surface area (Å²) < 4.78 is 21.3. The third-order valence-electron chi connectivity index (χ3n) is 8.99. The van der Waals surface area contributed by atoms with Crippen LogP contribution < -0.4 is 31.9 Å². The van der Waals surface area contributed by atoms with Crippen LogP contribution in [0.1, 0.15) is 71.6 Å². The molecule has 9 N–H and O–H groups in total. The van der Waals surface area contributed by atoms with Crippen molar-refractivity contribution in [3.05, 3.63) is 35.8 Å². The van der Waals surface area contributed by atoms with Gasteiger partial charge in [-0.3, -0.25) is 15.4 Å². The minimum Gasteiger partial charge on any atom is -0.481 e. The maximum atomic E-state index is 15.0. The molecule has 2 amide bonds. The van der Waals surface area contributed by atoms with Crippen LogP contribution in [-0.4, -0.2) is 89.4 Å². The second kappa shape index (κ2) is 16.7. The van der Waals surface area contributed by atoms with Crippen LogP contribution >= 0.6 is 0 Å². The van der Waals surface area contributed by atoms with Gasteiger partial charge >= 0.3 is 12.0 Å². The van der Waals surface area contributed by atoms with Gasteiger partial charge in [0.05, 0.1) is 12.2 Å². The Bertz CT molecular complexity index is 1060. The summed E-state index contributed by atoms with van der Waals surface area (Å²) in [6, 6.07) is -0.925. The smallest absolute Gasteiger partial charge is 0.323 e. The first-order chi connectivity index (χ1) is 21.1. The number of hydrogen-bond donors (Lipinski definition) is 9. The molecule has 0 unspecified atom stereocenters. The predicted octanol–water partition coefficient (Wildman–Crippen LogP) is 1.68. The Kier molecular flexibility index (Phi) is 13.0. The Morgan fingerprint density at radius 3 is 2.73 bits per heavy atom. The topological polar surface area (TPSA) is 176 Å². The molecule has 10 atom stereocenters. The molecule has 0 aromatic carbocycles. The zero-order valence-electron chi connectivity index (χ0n) is 25.8. The van der Waals surface area contributed by atoms with Crippen molar-refractivity contribution in [1.29, 1.82) is 0 Å². The van der Waals surface area contributed by atoms with Crippen molar-refractivity contribution in [3.8, 4) is 0 Å². The Morgan fingerprint density at radius 2 is 2.00 bits per heavy atom. The molecule has 1 saturated heterocycles. The van der Waals surface area contributed by atoms with Gasteiger partial charge < -0.3 is 41.3 Å². The number of aliphatic carboxylic acids is 1. The molecule has 4 rings (SSSR count). The van der Waals surface area contributed by atoms with Crippen LogP contribution in [0.15, 0.2) is 35.8 Å². The van der Waals surface area contributed by atoms with Crippen molar-refractivity contribution < 1.29 is 34.0 Å². The van der Waals surface area contributed by atoms with Gasteiger partial charge in [0.1, 0.15) is 18.6 Å². The molecular weight excluding hydrogens is 571 g/mol. The zero-order valence-corrected chi connectivity index (χ0v) is 25.8. The highest BCUT2D eigenvalue weighted by atomic mass is 19.1. The normalized spacial score (nSPS) is 32.5. The molecular formula is C31H51FN6O6. The molecule has 1 fully saturated rings. The average Bonchev–Trinajstić information content (AvgIpc) is 3.48. The van der Waals surface area contributed by atoms with Crippen molar-refractivity contribution in [1.82, 2.24) is 31.9 Å². The van der Waals surface area contributed by atoms with Gasteiger partial charge in [0.15, 0.2) is 0 Å². The van der Waals surface area contributed by atoms with Crippen LogP contribution in [0.2, 0.25) is 0 Å². The summed E-state index contributed by atoms with van der Waals surface area (Å²) in [7, 11) is 0. The quantitative estimate of drug-likeness (QED) is 0.130. The Morgan fingerprint density at radius 1 is 1.18 bits per heavy atom. The summed E-state index contributed by atoms with van der Waals surface area (Å²) in [4.78, 5) is 23.5. The van der Waals surface area contributed by atoms with E-state index in [0.29, 0.717) is 38.3 Å². The van der Waals surface area contributed by atoms with Crippen LogP contribution in [-0.2, 0) is 9.53 Å². The first-order valence-corrected chi connectivity index (χ1v) is 16.1. The lowest BCUT2D eigenvalue weighted by molar-refractivity contribution is -0.137. The maximum Gasteiger partial charge on any atom is 0.323 e. The molecule has 0 aromatic heterocycles. The number of carboxylic acids is 1. The SMILES string of the molecule is CCN[C@H](O)[C@H](CCC(=O)O)N[C@H](O)[C@H]1CN[C@@H]([C@@H]2C[C@H](O[C@@H]3CC=C(NC(=O)NC4=C[C@H](C)CCC4)[C@H](F)C3)C=CN2)C1. The van der Waals surface area contributed by atoms with E-state index in [4.69, 9.17) is 9.84 Å². The molecule has 2 aliphatic heterocycles. The molecule has 4 aliphatic rings. The van der Waals surface area contributed by atoms with Gasteiger partial charge in [0.2, 0.25) is 0 Å². The summed E-state index contributed by atoms with van der Waals surface area (Å²) in [6.45, 7) is 5.03. The molecule has 13 heteroatoms. The van der Waals surface area contributed by atoms with Crippen molar-refractivity contribution in [2.45, 2.75) is 121 Å².